The Kier molecular flexibility index (Phi) is 3.88. The number of piperazine rings is 1. The Labute approximate surface area is 122 Å². The van der Waals surface area contributed by atoms with Crippen molar-refractivity contribution in [3.05, 3.63) is 35.6 Å². The van der Waals surface area contributed by atoms with Gasteiger partial charge in [-0.15, -0.1) is 0 Å². The number of hydrogen-bond donors (Lipinski definition) is 2. The largest absolute Gasteiger partial charge is 0.353 e. The van der Waals surface area contributed by atoms with Crippen LogP contribution in [0.25, 0.3) is 0 Å². The molecule has 3 rings (SSSR count). The first-order valence-electron chi connectivity index (χ1n) is 7.18. The lowest BCUT2D eigenvalue weighted by molar-refractivity contribution is -0.139. The highest BCUT2D eigenvalue weighted by Crippen LogP contribution is 2.26. The normalized spacial score (nSPS) is 25.8. The summed E-state index contributed by atoms with van der Waals surface area (Å²) < 4.78 is 12.9. The van der Waals surface area contributed by atoms with Gasteiger partial charge in [0.2, 0.25) is 11.8 Å². The molecule has 0 aromatic heterocycles. The zero-order valence-electron chi connectivity index (χ0n) is 11.6. The van der Waals surface area contributed by atoms with Crippen molar-refractivity contribution >= 4 is 11.8 Å². The quantitative estimate of drug-likeness (QED) is 0.820. The van der Waals surface area contributed by atoms with Gasteiger partial charge in [-0.05, 0) is 30.0 Å². The van der Waals surface area contributed by atoms with E-state index in [1.54, 1.807) is 17.0 Å². The molecule has 5 nitrogen and oxygen atoms in total. The second-order valence-corrected chi connectivity index (χ2v) is 5.55. The molecule has 2 N–H and O–H groups in total. The van der Waals surface area contributed by atoms with Crippen LogP contribution in [0.2, 0.25) is 0 Å². The predicted molar refractivity (Wildman–Crippen MR) is 75.1 cm³/mol. The van der Waals surface area contributed by atoms with Gasteiger partial charge in [-0.2, -0.15) is 0 Å². The third kappa shape index (κ3) is 3.05. The zero-order chi connectivity index (χ0) is 14.8. The fraction of sp³-hybridized carbons (Fsp3) is 0.467. The van der Waals surface area contributed by atoms with Gasteiger partial charge in [0.05, 0.1) is 12.6 Å². The van der Waals surface area contributed by atoms with Gasteiger partial charge in [0.1, 0.15) is 5.82 Å². The SMILES string of the molecule is O=C1CN(C(=O)C2CC(c3ccc(F)cc3)CN2)CCN1. The molecule has 0 radical (unpaired) electrons. The number of hydrogen-bond acceptors (Lipinski definition) is 3. The molecular formula is C15H18FN3O2. The Morgan fingerprint density at radius 2 is 2.05 bits per heavy atom. The van der Waals surface area contributed by atoms with E-state index in [-0.39, 0.29) is 36.1 Å². The van der Waals surface area contributed by atoms with E-state index >= 15 is 0 Å². The molecule has 21 heavy (non-hydrogen) atoms. The van der Waals surface area contributed by atoms with Crippen LogP contribution >= 0.6 is 0 Å². The van der Waals surface area contributed by atoms with Crippen LogP contribution < -0.4 is 10.6 Å². The van der Waals surface area contributed by atoms with Gasteiger partial charge in [-0.3, -0.25) is 9.59 Å². The molecule has 2 saturated heterocycles. The van der Waals surface area contributed by atoms with Gasteiger partial charge in [0.15, 0.2) is 0 Å². The molecule has 0 spiro atoms. The molecule has 0 aliphatic carbocycles. The molecule has 2 unspecified atom stereocenters. The fourth-order valence-electron chi connectivity index (χ4n) is 2.96. The second kappa shape index (κ2) is 5.81. The summed E-state index contributed by atoms with van der Waals surface area (Å²) in [4.78, 5) is 25.4. The third-order valence-electron chi connectivity index (χ3n) is 4.12. The number of carbonyl (C=O) groups excluding carboxylic acids is 2. The predicted octanol–water partition coefficient (Wildman–Crippen LogP) is 0.230. The first kappa shape index (κ1) is 14.0. The summed E-state index contributed by atoms with van der Waals surface area (Å²) in [6.45, 7) is 1.91. The highest BCUT2D eigenvalue weighted by atomic mass is 19.1. The number of amides is 2. The summed E-state index contributed by atoms with van der Waals surface area (Å²) in [6.07, 6.45) is 0.683. The van der Waals surface area contributed by atoms with Gasteiger partial charge >= 0.3 is 0 Å². The summed E-state index contributed by atoms with van der Waals surface area (Å²) in [5, 5.41) is 5.92. The first-order chi connectivity index (χ1) is 10.1. The lowest BCUT2D eigenvalue weighted by Gasteiger charge is -2.29. The van der Waals surface area contributed by atoms with Crippen LogP contribution in [0.15, 0.2) is 24.3 Å². The van der Waals surface area contributed by atoms with Crippen molar-refractivity contribution in [1.29, 1.82) is 0 Å². The van der Waals surface area contributed by atoms with E-state index in [9.17, 15) is 14.0 Å². The molecule has 2 amide bonds. The molecule has 112 valence electrons. The molecule has 0 bridgehead atoms. The number of rotatable bonds is 2. The van der Waals surface area contributed by atoms with Crippen molar-refractivity contribution in [3.8, 4) is 0 Å². The standard InChI is InChI=1S/C15H18FN3O2/c16-12-3-1-10(2-4-12)11-7-13(18-8-11)15(21)19-6-5-17-14(20)9-19/h1-4,11,13,18H,5-9H2,(H,17,20). The highest BCUT2D eigenvalue weighted by Gasteiger charge is 2.34. The topological polar surface area (TPSA) is 61.4 Å². The minimum atomic E-state index is -0.258. The Hall–Kier alpha value is -1.95. The number of nitrogens with zero attached hydrogens (tertiary/aromatic N) is 1. The highest BCUT2D eigenvalue weighted by molar-refractivity contribution is 5.88. The fourth-order valence-corrected chi connectivity index (χ4v) is 2.96. The molecule has 6 heteroatoms. The summed E-state index contributed by atoms with van der Waals surface area (Å²) in [7, 11) is 0. The molecule has 1 aromatic carbocycles. The van der Waals surface area contributed by atoms with Crippen LogP contribution in [-0.4, -0.2) is 48.9 Å². The number of benzene rings is 1. The van der Waals surface area contributed by atoms with E-state index in [4.69, 9.17) is 0 Å². The van der Waals surface area contributed by atoms with E-state index in [1.807, 2.05) is 0 Å². The average molecular weight is 291 g/mol. The average Bonchev–Trinajstić information content (AvgIpc) is 2.97. The van der Waals surface area contributed by atoms with Gasteiger partial charge in [0, 0.05) is 19.6 Å². The van der Waals surface area contributed by atoms with Crippen LogP contribution in [0.1, 0.15) is 17.9 Å². The molecule has 2 aliphatic heterocycles. The molecule has 0 saturated carbocycles. The van der Waals surface area contributed by atoms with E-state index in [1.165, 1.54) is 12.1 Å². The Balaban J connectivity index is 1.62. The lowest BCUT2D eigenvalue weighted by Crippen LogP contribution is -2.54. The van der Waals surface area contributed by atoms with Crippen LogP contribution in [0.5, 0.6) is 0 Å². The number of carbonyl (C=O) groups is 2. The summed E-state index contributed by atoms with van der Waals surface area (Å²) in [5.41, 5.74) is 1.04. The summed E-state index contributed by atoms with van der Waals surface area (Å²) in [5.74, 6) is -0.174. The van der Waals surface area contributed by atoms with Gasteiger partial charge in [-0.25, -0.2) is 4.39 Å². The van der Waals surface area contributed by atoms with Gasteiger partial charge in [-0.1, -0.05) is 12.1 Å². The zero-order valence-corrected chi connectivity index (χ0v) is 11.6. The minimum Gasteiger partial charge on any atom is -0.353 e. The summed E-state index contributed by atoms with van der Waals surface area (Å²) >= 11 is 0. The van der Waals surface area contributed by atoms with Crippen LogP contribution in [0, 0.1) is 5.82 Å². The van der Waals surface area contributed by atoms with E-state index < -0.39 is 0 Å². The van der Waals surface area contributed by atoms with Crippen molar-refractivity contribution in [2.45, 2.75) is 18.4 Å². The van der Waals surface area contributed by atoms with Crippen molar-refractivity contribution in [1.82, 2.24) is 15.5 Å². The molecular weight excluding hydrogens is 273 g/mol. The Morgan fingerprint density at radius 3 is 2.76 bits per heavy atom. The minimum absolute atomic E-state index is 0.0190. The smallest absolute Gasteiger partial charge is 0.240 e. The van der Waals surface area contributed by atoms with Crippen LogP contribution in [-0.2, 0) is 9.59 Å². The van der Waals surface area contributed by atoms with Crippen molar-refractivity contribution < 1.29 is 14.0 Å². The van der Waals surface area contributed by atoms with Crippen LogP contribution in [0.3, 0.4) is 0 Å². The summed E-state index contributed by atoms with van der Waals surface area (Å²) in [6, 6.07) is 6.16. The number of nitrogens with one attached hydrogen (secondary N) is 2. The monoisotopic (exact) mass is 291 g/mol. The molecule has 2 atom stereocenters. The van der Waals surface area contributed by atoms with Crippen molar-refractivity contribution in [2.24, 2.45) is 0 Å². The van der Waals surface area contributed by atoms with Crippen molar-refractivity contribution in [2.75, 3.05) is 26.2 Å². The lowest BCUT2D eigenvalue weighted by atomic mass is 9.96. The third-order valence-corrected chi connectivity index (χ3v) is 4.12. The van der Waals surface area contributed by atoms with E-state index in [0.717, 1.165) is 5.56 Å². The van der Waals surface area contributed by atoms with E-state index in [0.29, 0.717) is 26.1 Å². The number of halogens is 1. The Bertz CT molecular complexity index is 546. The first-order valence-corrected chi connectivity index (χ1v) is 7.18. The molecule has 2 aliphatic rings. The van der Waals surface area contributed by atoms with Gasteiger partial charge < -0.3 is 15.5 Å². The van der Waals surface area contributed by atoms with E-state index in [2.05, 4.69) is 10.6 Å². The maximum Gasteiger partial charge on any atom is 0.240 e. The maximum absolute atomic E-state index is 12.9. The second-order valence-electron chi connectivity index (χ2n) is 5.55. The molecule has 2 heterocycles. The Morgan fingerprint density at radius 1 is 1.29 bits per heavy atom. The molecule has 2 fully saturated rings. The van der Waals surface area contributed by atoms with Crippen molar-refractivity contribution in [3.63, 3.8) is 0 Å². The van der Waals surface area contributed by atoms with Gasteiger partial charge in [0.25, 0.3) is 0 Å². The maximum atomic E-state index is 12.9. The van der Waals surface area contributed by atoms with Crippen LogP contribution in [0.4, 0.5) is 4.39 Å². The molecule has 1 aromatic rings.